The van der Waals surface area contributed by atoms with Crippen LogP contribution in [0.2, 0.25) is 0 Å². The van der Waals surface area contributed by atoms with Crippen LogP contribution in [0.3, 0.4) is 0 Å². The number of rotatable bonds is 7. The quantitative estimate of drug-likeness (QED) is 0.291. The highest BCUT2D eigenvalue weighted by atomic mass is 19.4. The molecule has 0 saturated carbocycles. The Labute approximate surface area is 143 Å². The topological polar surface area (TPSA) is 26.3 Å². The molecule has 0 saturated heterocycles. The number of alkyl halides is 13. The summed E-state index contributed by atoms with van der Waals surface area (Å²) in [4.78, 5) is 10.8. The molecule has 0 aliphatic carbocycles. The second-order valence-corrected chi connectivity index (χ2v) is 4.91. The fourth-order valence-corrected chi connectivity index (χ4v) is 1.47. The van der Waals surface area contributed by atoms with Crippen LogP contribution in [-0.2, 0) is 9.53 Å². The molecule has 0 aromatic rings. The van der Waals surface area contributed by atoms with Gasteiger partial charge in [0.1, 0.15) is 5.57 Å². The van der Waals surface area contributed by atoms with E-state index >= 15 is 0 Å². The zero-order chi connectivity index (χ0) is 23.1. The Bertz CT molecular complexity index is 626. The van der Waals surface area contributed by atoms with Crippen molar-refractivity contribution < 1.29 is 75.4 Å². The number of methoxy groups -OCH3 is 1. The summed E-state index contributed by atoms with van der Waals surface area (Å²) in [5.74, 6) is -41.4. The first kappa shape index (κ1) is 26.2. The van der Waals surface area contributed by atoms with E-state index in [2.05, 4.69) is 4.74 Å². The average Bonchev–Trinajstić information content (AvgIpc) is 2.49. The Morgan fingerprint density at radius 2 is 1.04 bits per heavy atom. The van der Waals surface area contributed by atoms with Gasteiger partial charge >= 0.3 is 41.8 Å². The van der Waals surface area contributed by atoms with Crippen molar-refractivity contribution in [2.24, 2.45) is 0 Å². The van der Waals surface area contributed by atoms with E-state index in [-0.39, 0.29) is 7.11 Å². The van der Waals surface area contributed by atoms with E-state index in [1.54, 1.807) is 0 Å². The van der Waals surface area contributed by atoms with Gasteiger partial charge in [0.2, 0.25) is 0 Å². The molecule has 0 aromatic heterocycles. The number of esters is 1. The molecule has 0 N–H and O–H groups in total. The van der Waals surface area contributed by atoms with E-state index in [1.807, 2.05) is 0 Å². The van der Waals surface area contributed by atoms with Crippen molar-refractivity contribution in [3.05, 3.63) is 11.7 Å². The van der Waals surface area contributed by atoms with E-state index in [4.69, 9.17) is 0 Å². The van der Waals surface area contributed by atoms with Gasteiger partial charge in [0, 0.05) is 0 Å². The fraction of sp³-hybridized carbons (Fsp3) is 0.727. The van der Waals surface area contributed by atoms with Gasteiger partial charge in [-0.2, -0.15) is 65.9 Å². The van der Waals surface area contributed by atoms with Crippen LogP contribution in [0.1, 0.15) is 6.42 Å². The van der Waals surface area contributed by atoms with Crippen molar-refractivity contribution in [2.45, 2.75) is 42.2 Å². The molecule has 28 heavy (non-hydrogen) atoms. The Hall–Kier alpha value is -1.84. The molecule has 0 heterocycles. The van der Waals surface area contributed by atoms with E-state index in [1.165, 1.54) is 0 Å². The van der Waals surface area contributed by atoms with Crippen molar-refractivity contribution in [3.63, 3.8) is 0 Å². The van der Waals surface area contributed by atoms with Crippen molar-refractivity contribution in [1.29, 1.82) is 0 Å². The van der Waals surface area contributed by atoms with Crippen LogP contribution in [0.25, 0.3) is 0 Å². The van der Waals surface area contributed by atoms with Crippen LogP contribution in [-0.4, -0.2) is 48.9 Å². The molecule has 0 radical (unpaired) electrons. The second-order valence-electron chi connectivity index (χ2n) is 4.91. The molecule has 0 aliphatic heterocycles. The molecular formula is C11H5F15O2. The normalized spacial score (nSPS) is 14.7. The number of carbonyl (C=O) groups is 1. The SMILES string of the molecule is COC(=O)C(CC(F)(F)C(F)(F)C(F)(F)C(F)(F)C(F)(F)C(F)(F)F)=C(F)F. The standard InChI is InChI=1S/C11H5F15O2/c1-28-5(27)3(4(12)13)2-6(14,15)7(16,17)8(18,19)9(20,21)10(22,23)11(24,25)26/h2H2,1H3. The van der Waals surface area contributed by atoms with Gasteiger partial charge in [-0.15, -0.1) is 0 Å². The highest BCUT2D eigenvalue weighted by Gasteiger charge is 2.90. The van der Waals surface area contributed by atoms with E-state index in [9.17, 15) is 70.7 Å². The van der Waals surface area contributed by atoms with E-state index in [0.29, 0.717) is 0 Å². The first-order valence-corrected chi connectivity index (χ1v) is 6.11. The summed E-state index contributed by atoms with van der Waals surface area (Å²) in [6.45, 7) is 0. The zero-order valence-corrected chi connectivity index (χ0v) is 12.7. The molecule has 0 rings (SSSR count). The van der Waals surface area contributed by atoms with Gasteiger partial charge in [0.05, 0.1) is 13.5 Å². The van der Waals surface area contributed by atoms with Crippen LogP contribution in [0.15, 0.2) is 11.7 Å². The molecule has 0 fully saturated rings. The summed E-state index contributed by atoms with van der Waals surface area (Å²) in [6, 6.07) is 0. The van der Waals surface area contributed by atoms with Crippen molar-refractivity contribution in [2.75, 3.05) is 7.11 Å². The Balaban J connectivity index is 6.40. The Kier molecular flexibility index (Phi) is 6.73. The predicted octanol–water partition coefficient (Wildman–Crippen LogP) is 5.44. The number of ether oxygens (including phenoxy) is 1. The number of hydrogen-bond donors (Lipinski definition) is 0. The van der Waals surface area contributed by atoms with E-state index in [0.717, 1.165) is 0 Å². The van der Waals surface area contributed by atoms with Crippen LogP contribution in [0.4, 0.5) is 65.9 Å². The zero-order valence-electron chi connectivity index (χ0n) is 12.7. The van der Waals surface area contributed by atoms with Crippen molar-refractivity contribution >= 4 is 5.97 Å². The van der Waals surface area contributed by atoms with Crippen LogP contribution in [0.5, 0.6) is 0 Å². The summed E-state index contributed by atoms with van der Waals surface area (Å²) in [6.07, 6.45) is -14.6. The molecule has 0 atom stereocenters. The third-order valence-corrected chi connectivity index (χ3v) is 3.06. The number of halogens is 15. The Morgan fingerprint density at radius 1 is 0.679 bits per heavy atom. The maximum absolute atomic E-state index is 13.4. The maximum Gasteiger partial charge on any atom is 0.460 e. The minimum absolute atomic E-state index is 0.216. The monoisotopic (exact) mass is 454 g/mol. The highest BCUT2D eigenvalue weighted by Crippen LogP contribution is 2.61. The first-order chi connectivity index (χ1) is 12.0. The predicted molar refractivity (Wildman–Crippen MR) is 56.7 cm³/mol. The van der Waals surface area contributed by atoms with Gasteiger partial charge in [-0.25, -0.2) is 4.79 Å². The molecule has 17 heteroatoms. The lowest BCUT2D eigenvalue weighted by atomic mass is 9.91. The molecule has 0 amide bonds. The Morgan fingerprint density at radius 3 is 1.32 bits per heavy atom. The van der Waals surface area contributed by atoms with Gasteiger partial charge in [0.15, 0.2) is 0 Å². The molecular weight excluding hydrogens is 449 g/mol. The minimum atomic E-state index is -8.16. The smallest absolute Gasteiger partial charge is 0.460 e. The highest BCUT2D eigenvalue weighted by molar-refractivity contribution is 5.88. The van der Waals surface area contributed by atoms with Crippen LogP contribution in [0, 0.1) is 0 Å². The molecule has 0 spiro atoms. The van der Waals surface area contributed by atoms with Gasteiger partial charge < -0.3 is 4.74 Å². The summed E-state index contributed by atoms with van der Waals surface area (Å²) in [5, 5.41) is 0. The largest absolute Gasteiger partial charge is 0.466 e. The molecule has 0 aromatic carbocycles. The van der Waals surface area contributed by atoms with Crippen molar-refractivity contribution in [1.82, 2.24) is 0 Å². The van der Waals surface area contributed by atoms with Gasteiger partial charge in [0.25, 0.3) is 6.08 Å². The third-order valence-electron chi connectivity index (χ3n) is 3.06. The van der Waals surface area contributed by atoms with Crippen LogP contribution >= 0.6 is 0 Å². The number of carbonyl (C=O) groups excluding carboxylic acids is 1. The van der Waals surface area contributed by atoms with Crippen molar-refractivity contribution in [3.8, 4) is 0 Å². The lowest BCUT2D eigenvalue weighted by Gasteiger charge is -2.39. The summed E-state index contributed by atoms with van der Waals surface area (Å²) in [7, 11) is 0.216. The summed E-state index contributed by atoms with van der Waals surface area (Å²) >= 11 is 0. The number of hydrogen-bond acceptors (Lipinski definition) is 2. The van der Waals surface area contributed by atoms with Gasteiger partial charge in [-0.1, -0.05) is 0 Å². The second kappa shape index (κ2) is 7.20. The lowest BCUT2D eigenvalue weighted by molar-refractivity contribution is -0.439. The molecule has 166 valence electrons. The third kappa shape index (κ3) is 3.83. The molecule has 0 aliphatic rings. The minimum Gasteiger partial charge on any atom is -0.466 e. The van der Waals surface area contributed by atoms with Gasteiger partial charge in [-0.3, -0.25) is 0 Å². The molecule has 0 bridgehead atoms. The van der Waals surface area contributed by atoms with Crippen LogP contribution < -0.4 is 0 Å². The maximum atomic E-state index is 13.4. The summed E-state index contributed by atoms with van der Waals surface area (Å²) < 4.78 is 194. The lowest BCUT2D eigenvalue weighted by Crippen LogP contribution is -2.70. The summed E-state index contributed by atoms with van der Waals surface area (Å²) in [5.41, 5.74) is -2.74. The average molecular weight is 454 g/mol. The van der Waals surface area contributed by atoms with E-state index < -0.39 is 59.8 Å². The fourth-order valence-electron chi connectivity index (χ4n) is 1.47. The first-order valence-electron chi connectivity index (χ1n) is 6.11. The molecule has 0 unspecified atom stereocenters. The van der Waals surface area contributed by atoms with Gasteiger partial charge in [-0.05, 0) is 0 Å². The molecule has 2 nitrogen and oxygen atoms in total.